The maximum atomic E-state index is 2.32. The molecule has 0 amide bonds. The average Bonchev–Trinajstić information content (AvgIpc) is 2.15. The topological polar surface area (TPSA) is 3.24 Å². The second-order valence-corrected chi connectivity index (χ2v) is 5.08. The molecule has 1 aliphatic rings. The summed E-state index contributed by atoms with van der Waals surface area (Å²) in [7, 11) is 4.30. The van der Waals surface area contributed by atoms with Crippen LogP contribution in [0.25, 0.3) is 0 Å². The minimum Gasteiger partial charge on any atom is -1.00 e. The molecular weight excluding hydrogens is 217 g/mol. The van der Waals surface area contributed by atoms with Crippen molar-refractivity contribution in [3.63, 3.8) is 0 Å². The molecule has 1 rings (SSSR count). The molecule has 0 N–H and O–H groups in total. The van der Waals surface area contributed by atoms with Gasteiger partial charge in [0.05, 0.1) is 0 Å². The number of rotatable bonds is 2. The summed E-state index contributed by atoms with van der Waals surface area (Å²) < 4.78 is 3.96. The van der Waals surface area contributed by atoms with Crippen molar-refractivity contribution in [1.29, 1.82) is 0 Å². The SMILES string of the molecule is C[N](C)[Ti+2][C]1=CC=CC1.[Cl-].[Cl-]. The van der Waals surface area contributed by atoms with Gasteiger partial charge in [-0.2, -0.15) is 0 Å². The van der Waals surface area contributed by atoms with E-state index in [9.17, 15) is 0 Å². The van der Waals surface area contributed by atoms with E-state index < -0.39 is 0 Å². The van der Waals surface area contributed by atoms with Crippen LogP contribution in [0.2, 0.25) is 0 Å². The summed E-state index contributed by atoms with van der Waals surface area (Å²) >= 11 is 0.0694. The Morgan fingerprint density at radius 3 is 2.36 bits per heavy atom. The van der Waals surface area contributed by atoms with E-state index in [4.69, 9.17) is 0 Å². The maximum Gasteiger partial charge on any atom is -1.00 e. The van der Waals surface area contributed by atoms with Crippen molar-refractivity contribution >= 4 is 0 Å². The molecule has 0 bridgehead atoms. The first-order valence-electron chi connectivity index (χ1n) is 3.09. The second-order valence-electron chi connectivity index (χ2n) is 2.33. The fourth-order valence-corrected chi connectivity index (χ4v) is 2.31. The van der Waals surface area contributed by atoms with Crippen molar-refractivity contribution in [2.24, 2.45) is 0 Å². The zero-order valence-corrected chi connectivity index (χ0v) is 9.72. The quantitative estimate of drug-likeness (QED) is 0.430. The molecule has 62 valence electrons. The summed E-state index contributed by atoms with van der Waals surface area (Å²) in [6.07, 6.45) is 7.84. The Bertz CT molecular complexity index is 155. The van der Waals surface area contributed by atoms with Crippen LogP contribution in [0.3, 0.4) is 0 Å². The van der Waals surface area contributed by atoms with E-state index in [-0.39, 0.29) is 44.2 Å². The molecule has 0 aromatic carbocycles. The molecule has 0 aromatic rings. The number of allylic oxidation sites excluding steroid dienone is 4. The first-order valence-corrected chi connectivity index (χ1v) is 4.56. The van der Waals surface area contributed by atoms with Gasteiger partial charge in [-0.05, 0) is 0 Å². The van der Waals surface area contributed by atoms with E-state index in [2.05, 4.69) is 35.7 Å². The van der Waals surface area contributed by atoms with Crippen LogP contribution >= 0.6 is 0 Å². The molecule has 1 aliphatic carbocycles. The van der Waals surface area contributed by atoms with Gasteiger partial charge in [0.15, 0.2) is 0 Å². The third-order valence-corrected chi connectivity index (χ3v) is 2.86. The molecule has 0 spiro atoms. The van der Waals surface area contributed by atoms with E-state index in [0.717, 1.165) is 0 Å². The molecule has 0 aromatic heterocycles. The van der Waals surface area contributed by atoms with E-state index >= 15 is 0 Å². The summed E-state index contributed by atoms with van der Waals surface area (Å²) in [5.74, 6) is 0. The van der Waals surface area contributed by atoms with Crippen LogP contribution in [-0.4, -0.2) is 17.5 Å². The molecular formula is C7H11Cl2NTi. The van der Waals surface area contributed by atoms with Gasteiger partial charge in [-0.25, -0.2) is 0 Å². The van der Waals surface area contributed by atoms with Crippen molar-refractivity contribution in [3.05, 3.63) is 22.1 Å². The molecule has 0 fully saturated rings. The van der Waals surface area contributed by atoms with Gasteiger partial charge in [-0.1, -0.05) is 0 Å². The largest absolute Gasteiger partial charge is 1.00 e. The minimum absolute atomic E-state index is 0. The number of nitrogens with zero attached hydrogens (tertiary/aromatic N) is 1. The standard InChI is InChI=1S/C5H5.C2H6N.2ClH.Ti/c1-2-4-5-3-1;1-3-2;;;/h1-3H,4H2;1-2H3;2*1H;/q;-1;;;+3/p-2. The molecule has 11 heavy (non-hydrogen) atoms. The number of hydrogen-bond donors (Lipinski definition) is 0. The molecule has 0 radical (unpaired) electrons. The van der Waals surface area contributed by atoms with Crippen molar-refractivity contribution in [2.75, 3.05) is 14.1 Å². The van der Waals surface area contributed by atoms with Crippen molar-refractivity contribution in [2.45, 2.75) is 6.42 Å². The van der Waals surface area contributed by atoms with Crippen LogP contribution in [0.4, 0.5) is 0 Å². The van der Waals surface area contributed by atoms with E-state index in [1.54, 1.807) is 3.88 Å². The van der Waals surface area contributed by atoms with Gasteiger partial charge < -0.3 is 24.8 Å². The number of hydrogen-bond acceptors (Lipinski definition) is 1. The predicted octanol–water partition coefficient (Wildman–Crippen LogP) is -4.60. The summed E-state index contributed by atoms with van der Waals surface area (Å²) in [5, 5.41) is 0. The smallest absolute Gasteiger partial charge is 1.00 e. The maximum absolute atomic E-state index is 2.32. The molecule has 0 heterocycles. The van der Waals surface area contributed by atoms with Crippen molar-refractivity contribution in [1.82, 2.24) is 3.38 Å². The predicted molar refractivity (Wildman–Crippen MR) is 35.5 cm³/mol. The molecule has 4 heteroatoms. The summed E-state index contributed by atoms with van der Waals surface area (Å²) in [4.78, 5) is 0. The number of halogens is 2. The fraction of sp³-hybridized carbons (Fsp3) is 0.429. The molecule has 0 aliphatic heterocycles. The Morgan fingerprint density at radius 2 is 2.00 bits per heavy atom. The third kappa shape index (κ3) is 5.95. The van der Waals surface area contributed by atoms with Gasteiger partial charge in [-0.3, -0.25) is 0 Å². The third-order valence-electron chi connectivity index (χ3n) is 1.14. The molecule has 0 atom stereocenters. The van der Waals surface area contributed by atoms with Gasteiger partial charge in [0, 0.05) is 0 Å². The van der Waals surface area contributed by atoms with Gasteiger partial charge in [-0.15, -0.1) is 0 Å². The van der Waals surface area contributed by atoms with E-state index in [1.807, 2.05) is 0 Å². The van der Waals surface area contributed by atoms with Gasteiger partial charge >= 0.3 is 65.4 Å². The van der Waals surface area contributed by atoms with Crippen LogP contribution in [0.5, 0.6) is 0 Å². The second kappa shape index (κ2) is 7.39. The Kier molecular flexibility index (Phi) is 9.58. The molecule has 0 saturated carbocycles. The van der Waals surface area contributed by atoms with E-state index in [0.29, 0.717) is 0 Å². The van der Waals surface area contributed by atoms with Crippen LogP contribution in [0.1, 0.15) is 6.42 Å². The molecule has 1 nitrogen and oxygen atoms in total. The van der Waals surface area contributed by atoms with Crippen LogP contribution < -0.4 is 24.8 Å². The van der Waals surface area contributed by atoms with Crippen molar-refractivity contribution in [3.8, 4) is 0 Å². The fourth-order valence-electron chi connectivity index (χ4n) is 0.817. The first-order chi connectivity index (χ1) is 4.29. The Morgan fingerprint density at radius 1 is 1.36 bits per heavy atom. The van der Waals surface area contributed by atoms with Crippen LogP contribution in [0, 0.1) is 0 Å². The summed E-state index contributed by atoms with van der Waals surface area (Å²) in [6, 6.07) is 0. The van der Waals surface area contributed by atoms with Crippen molar-refractivity contribution < 1.29 is 44.2 Å². The molecule has 0 unspecified atom stereocenters. The minimum atomic E-state index is 0. The monoisotopic (exact) mass is 227 g/mol. The van der Waals surface area contributed by atoms with Crippen LogP contribution in [-0.2, 0) is 19.4 Å². The average molecular weight is 228 g/mol. The molecule has 0 saturated heterocycles. The summed E-state index contributed by atoms with van der Waals surface area (Å²) in [6.45, 7) is 0. The Labute approximate surface area is 90.0 Å². The first kappa shape index (κ1) is 14.3. The normalized spacial score (nSPS) is 13.2. The zero-order valence-electron chi connectivity index (χ0n) is 6.64. The van der Waals surface area contributed by atoms with Crippen LogP contribution in [0.15, 0.2) is 22.1 Å². The summed E-state index contributed by atoms with van der Waals surface area (Å²) in [5.41, 5.74) is 0. The Hall–Kier alpha value is 0.734. The van der Waals surface area contributed by atoms with E-state index in [1.165, 1.54) is 6.42 Å². The zero-order chi connectivity index (χ0) is 6.69. The van der Waals surface area contributed by atoms with Gasteiger partial charge in [0.2, 0.25) is 0 Å². The van der Waals surface area contributed by atoms with Gasteiger partial charge in [0.25, 0.3) is 0 Å². The van der Waals surface area contributed by atoms with Gasteiger partial charge in [0.1, 0.15) is 0 Å². The Balaban J connectivity index is 0.